The van der Waals surface area contributed by atoms with Crippen LogP contribution in [0, 0.1) is 0 Å². The third kappa shape index (κ3) is 2.59. The highest BCUT2D eigenvalue weighted by atomic mass is 16.5. The van der Waals surface area contributed by atoms with Gasteiger partial charge in [0.2, 0.25) is 0 Å². The van der Waals surface area contributed by atoms with Crippen LogP contribution in [-0.2, 0) is 6.54 Å². The zero-order chi connectivity index (χ0) is 14.1. The molecule has 20 heavy (non-hydrogen) atoms. The number of benzene rings is 1. The summed E-state index contributed by atoms with van der Waals surface area (Å²) in [5.74, 6) is 2.48. The molecular weight excluding hydrogens is 250 g/mol. The van der Waals surface area contributed by atoms with Crippen molar-refractivity contribution in [2.24, 2.45) is 0 Å². The molecule has 1 aliphatic rings. The SMILES string of the molecule is CC(C)c1ccc(OC2CN(C)Cc3occc32)cc1. The molecule has 3 nitrogen and oxygen atoms in total. The van der Waals surface area contributed by atoms with Crippen molar-refractivity contribution >= 4 is 0 Å². The summed E-state index contributed by atoms with van der Waals surface area (Å²) in [4.78, 5) is 2.22. The molecule has 0 saturated carbocycles. The van der Waals surface area contributed by atoms with Gasteiger partial charge in [0.05, 0.1) is 12.8 Å². The van der Waals surface area contributed by atoms with Crippen LogP contribution in [-0.4, -0.2) is 18.5 Å². The number of hydrogen-bond acceptors (Lipinski definition) is 3. The quantitative estimate of drug-likeness (QED) is 0.844. The van der Waals surface area contributed by atoms with Crippen molar-refractivity contribution in [1.82, 2.24) is 4.90 Å². The molecule has 0 radical (unpaired) electrons. The van der Waals surface area contributed by atoms with Crippen LogP contribution in [0.1, 0.15) is 42.8 Å². The molecule has 3 rings (SSSR count). The predicted octanol–water partition coefficient (Wildman–Crippen LogP) is 3.97. The van der Waals surface area contributed by atoms with E-state index >= 15 is 0 Å². The molecule has 1 aliphatic heterocycles. The average Bonchev–Trinajstić information content (AvgIpc) is 2.87. The number of fused-ring (bicyclic) bond motifs is 1. The number of rotatable bonds is 3. The van der Waals surface area contributed by atoms with E-state index in [1.807, 2.05) is 6.07 Å². The lowest BCUT2D eigenvalue weighted by molar-refractivity contribution is 0.120. The largest absolute Gasteiger partial charge is 0.484 e. The summed E-state index contributed by atoms with van der Waals surface area (Å²) in [5.41, 5.74) is 2.51. The van der Waals surface area contributed by atoms with E-state index in [4.69, 9.17) is 9.15 Å². The number of nitrogens with zero attached hydrogens (tertiary/aromatic N) is 1. The molecule has 1 aromatic carbocycles. The monoisotopic (exact) mass is 271 g/mol. The van der Waals surface area contributed by atoms with Gasteiger partial charge in [-0.15, -0.1) is 0 Å². The molecule has 0 saturated heterocycles. The average molecular weight is 271 g/mol. The van der Waals surface area contributed by atoms with Gasteiger partial charge < -0.3 is 9.15 Å². The van der Waals surface area contributed by atoms with Gasteiger partial charge in [-0.2, -0.15) is 0 Å². The normalized spacial score (nSPS) is 19.1. The summed E-state index contributed by atoms with van der Waals surface area (Å²) in [7, 11) is 2.09. The number of hydrogen-bond donors (Lipinski definition) is 0. The summed E-state index contributed by atoms with van der Waals surface area (Å²) in [6, 6.07) is 10.4. The molecule has 0 N–H and O–H groups in total. The topological polar surface area (TPSA) is 25.6 Å². The highest BCUT2D eigenvalue weighted by Crippen LogP contribution is 2.31. The Kier molecular flexibility index (Phi) is 3.53. The first-order valence-electron chi connectivity index (χ1n) is 7.15. The van der Waals surface area contributed by atoms with Crippen molar-refractivity contribution < 1.29 is 9.15 Å². The van der Waals surface area contributed by atoms with Crippen molar-refractivity contribution in [3.8, 4) is 5.75 Å². The number of likely N-dealkylation sites (N-methyl/N-ethyl adjacent to an activating group) is 1. The Morgan fingerprint density at radius 2 is 1.95 bits per heavy atom. The predicted molar refractivity (Wildman–Crippen MR) is 78.9 cm³/mol. The van der Waals surface area contributed by atoms with E-state index in [0.717, 1.165) is 24.6 Å². The Morgan fingerprint density at radius 3 is 2.65 bits per heavy atom. The van der Waals surface area contributed by atoms with Crippen LogP contribution in [0.2, 0.25) is 0 Å². The maximum absolute atomic E-state index is 6.14. The standard InChI is InChI=1S/C17H21NO2/c1-12(2)13-4-6-14(7-5-13)20-17-11-18(3)10-16-15(17)8-9-19-16/h4-9,12,17H,10-11H2,1-3H3. The van der Waals surface area contributed by atoms with Gasteiger partial charge in [-0.25, -0.2) is 0 Å². The van der Waals surface area contributed by atoms with Crippen LogP contribution in [0.15, 0.2) is 41.0 Å². The molecule has 0 bridgehead atoms. The first kappa shape index (κ1) is 13.3. The zero-order valence-corrected chi connectivity index (χ0v) is 12.3. The Balaban J connectivity index is 1.78. The number of ether oxygens (including phenoxy) is 1. The summed E-state index contributed by atoms with van der Waals surface area (Å²) >= 11 is 0. The van der Waals surface area contributed by atoms with Crippen LogP contribution in [0.3, 0.4) is 0 Å². The first-order chi connectivity index (χ1) is 9.63. The minimum absolute atomic E-state index is 0.0485. The Labute approximate surface area is 120 Å². The second-order valence-electron chi connectivity index (χ2n) is 5.83. The molecule has 2 aromatic rings. The first-order valence-corrected chi connectivity index (χ1v) is 7.15. The minimum Gasteiger partial charge on any atom is -0.484 e. The lowest BCUT2D eigenvalue weighted by atomic mass is 10.0. The van der Waals surface area contributed by atoms with Gasteiger partial charge in [0, 0.05) is 12.1 Å². The van der Waals surface area contributed by atoms with Gasteiger partial charge in [0.1, 0.15) is 17.6 Å². The molecule has 2 heterocycles. The van der Waals surface area contributed by atoms with E-state index in [-0.39, 0.29) is 6.10 Å². The molecule has 106 valence electrons. The van der Waals surface area contributed by atoms with Crippen molar-refractivity contribution in [2.45, 2.75) is 32.4 Å². The highest BCUT2D eigenvalue weighted by Gasteiger charge is 2.27. The van der Waals surface area contributed by atoms with Crippen molar-refractivity contribution in [1.29, 1.82) is 0 Å². The second-order valence-corrected chi connectivity index (χ2v) is 5.83. The Bertz CT molecular complexity index is 571. The summed E-state index contributed by atoms with van der Waals surface area (Å²) in [6.45, 7) is 6.14. The smallest absolute Gasteiger partial charge is 0.140 e. The van der Waals surface area contributed by atoms with Gasteiger partial charge in [0.25, 0.3) is 0 Å². The molecular formula is C17H21NO2. The van der Waals surface area contributed by atoms with Crippen LogP contribution in [0.25, 0.3) is 0 Å². The van der Waals surface area contributed by atoms with Crippen molar-refractivity contribution in [3.05, 3.63) is 53.5 Å². The molecule has 1 aromatic heterocycles. The molecule has 1 unspecified atom stereocenters. The van der Waals surface area contributed by atoms with E-state index in [2.05, 4.69) is 50.1 Å². The molecule has 0 aliphatic carbocycles. The van der Waals surface area contributed by atoms with Crippen LogP contribution in [0.5, 0.6) is 5.75 Å². The lowest BCUT2D eigenvalue weighted by Gasteiger charge is -2.29. The van der Waals surface area contributed by atoms with Crippen molar-refractivity contribution in [2.75, 3.05) is 13.6 Å². The van der Waals surface area contributed by atoms with Crippen LogP contribution >= 0.6 is 0 Å². The van der Waals surface area contributed by atoms with E-state index in [1.165, 1.54) is 11.1 Å². The lowest BCUT2D eigenvalue weighted by Crippen LogP contribution is -2.32. The van der Waals surface area contributed by atoms with E-state index in [1.54, 1.807) is 6.26 Å². The third-order valence-electron chi connectivity index (χ3n) is 3.84. The molecule has 0 spiro atoms. The maximum Gasteiger partial charge on any atom is 0.140 e. The molecule has 0 amide bonds. The van der Waals surface area contributed by atoms with Gasteiger partial charge >= 0.3 is 0 Å². The maximum atomic E-state index is 6.14. The third-order valence-corrected chi connectivity index (χ3v) is 3.84. The van der Waals surface area contributed by atoms with E-state index in [9.17, 15) is 0 Å². The summed E-state index contributed by atoms with van der Waals surface area (Å²) < 4.78 is 11.7. The van der Waals surface area contributed by atoms with Crippen molar-refractivity contribution in [3.63, 3.8) is 0 Å². The molecule has 1 atom stereocenters. The van der Waals surface area contributed by atoms with Gasteiger partial charge in [0.15, 0.2) is 0 Å². The molecule has 3 heteroatoms. The summed E-state index contributed by atoms with van der Waals surface area (Å²) in [5, 5.41) is 0. The Hall–Kier alpha value is -1.74. The second kappa shape index (κ2) is 5.33. The van der Waals surface area contributed by atoms with Crippen LogP contribution in [0.4, 0.5) is 0 Å². The minimum atomic E-state index is 0.0485. The van der Waals surface area contributed by atoms with Gasteiger partial charge in [-0.1, -0.05) is 26.0 Å². The van der Waals surface area contributed by atoms with E-state index < -0.39 is 0 Å². The molecule has 0 fully saturated rings. The fraction of sp³-hybridized carbons (Fsp3) is 0.412. The van der Waals surface area contributed by atoms with Crippen LogP contribution < -0.4 is 4.74 Å². The van der Waals surface area contributed by atoms with E-state index in [0.29, 0.717) is 5.92 Å². The highest BCUT2D eigenvalue weighted by molar-refractivity contribution is 5.31. The number of furan rings is 1. The van der Waals surface area contributed by atoms with Gasteiger partial charge in [-0.05, 0) is 36.7 Å². The fourth-order valence-electron chi connectivity index (χ4n) is 2.65. The van der Waals surface area contributed by atoms with Gasteiger partial charge in [-0.3, -0.25) is 4.90 Å². The summed E-state index contributed by atoms with van der Waals surface area (Å²) in [6.07, 6.45) is 1.80. The Morgan fingerprint density at radius 1 is 1.20 bits per heavy atom. The zero-order valence-electron chi connectivity index (χ0n) is 12.3. The fourth-order valence-corrected chi connectivity index (χ4v) is 2.65.